The van der Waals surface area contributed by atoms with Crippen molar-refractivity contribution in [1.29, 1.82) is 0 Å². The molecule has 1 amide bonds. The summed E-state index contributed by atoms with van der Waals surface area (Å²) in [6, 6.07) is 10.7. The van der Waals surface area contributed by atoms with Gasteiger partial charge in [-0.15, -0.1) is 0 Å². The number of pyridine rings is 1. The highest BCUT2D eigenvalue weighted by Gasteiger charge is 2.12. The highest BCUT2D eigenvalue weighted by atomic mass is 35.5. The Kier molecular flexibility index (Phi) is 4.71. The number of rotatable bonds is 4. The molecule has 0 aliphatic carbocycles. The number of aromatic nitrogens is 1. The van der Waals surface area contributed by atoms with Gasteiger partial charge in [-0.3, -0.25) is 9.78 Å². The maximum absolute atomic E-state index is 12.2. The van der Waals surface area contributed by atoms with Gasteiger partial charge >= 0.3 is 0 Å². The van der Waals surface area contributed by atoms with Crippen LogP contribution in [0, 0.1) is 0 Å². The lowest BCUT2D eigenvalue weighted by molar-refractivity contribution is 0.0939. The van der Waals surface area contributed by atoms with Crippen LogP contribution in [0.4, 0.5) is 0 Å². The SMILES string of the molecule is C[C@@H](NC(=O)c1ccnc(CN)c1)c1cccc(Cl)c1. The number of benzene rings is 1. The predicted molar refractivity (Wildman–Crippen MR) is 79.5 cm³/mol. The zero-order valence-electron chi connectivity index (χ0n) is 11.1. The summed E-state index contributed by atoms with van der Waals surface area (Å²) < 4.78 is 0. The van der Waals surface area contributed by atoms with Gasteiger partial charge in [0.25, 0.3) is 5.91 Å². The molecule has 2 aromatic rings. The van der Waals surface area contributed by atoms with Crippen molar-refractivity contribution in [2.75, 3.05) is 0 Å². The maximum Gasteiger partial charge on any atom is 0.251 e. The average Bonchev–Trinajstić information content (AvgIpc) is 2.47. The molecule has 0 aliphatic rings. The lowest BCUT2D eigenvalue weighted by Gasteiger charge is -2.15. The highest BCUT2D eigenvalue weighted by Crippen LogP contribution is 2.17. The van der Waals surface area contributed by atoms with Crippen molar-refractivity contribution in [3.8, 4) is 0 Å². The van der Waals surface area contributed by atoms with Crippen LogP contribution in [0.25, 0.3) is 0 Å². The minimum Gasteiger partial charge on any atom is -0.346 e. The lowest BCUT2D eigenvalue weighted by Crippen LogP contribution is -2.26. The standard InChI is InChI=1S/C15H16ClN3O/c1-10(11-3-2-4-13(16)7-11)19-15(20)12-5-6-18-14(8-12)9-17/h2-8,10H,9,17H2,1H3,(H,19,20)/t10-/m1/s1. The number of hydrogen-bond acceptors (Lipinski definition) is 3. The smallest absolute Gasteiger partial charge is 0.251 e. The lowest BCUT2D eigenvalue weighted by atomic mass is 10.1. The minimum atomic E-state index is -0.158. The number of carbonyl (C=O) groups is 1. The summed E-state index contributed by atoms with van der Waals surface area (Å²) in [6.07, 6.45) is 1.58. The molecule has 3 N–H and O–H groups in total. The van der Waals surface area contributed by atoms with Crippen molar-refractivity contribution in [2.45, 2.75) is 19.5 Å². The molecule has 0 saturated heterocycles. The first-order valence-electron chi connectivity index (χ1n) is 6.31. The fourth-order valence-electron chi connectivity index (χ4n) is 1.87. The van der Waals surface area contributed by atoms with E-state index < -0.39 is 0 Å². The molecule has 0 unspecified atom stereocenters. The first kappa shape index (κ1) is 14.5. The quantitative estimate of drug-likeness (QED) is 0.909. The highest BCUT2D eigenvalue weighted by molar-refractivity contribution is 6.30. The molecule has 1 heterocycles. The Balaban J connectivity index is 2.10. The molecule has 0 saturated carbocycles. The van der Waals surface area contributed by atoms with Crippen LogP contribution in [0.15, 0.2) is 42.6 Å². The Morgan fingerprint density at radius 1 is 1.40 bits per heavy atom. The summed E-state index contributed by atoms with van der Waals surface area (Å²) in [5, 5.41) is 3.58. The maximum atomic E-state index is 12.2. The molecule has 1 aromatic heterocycles. The Bertz CT molecular complexity index is 616. The molecule has 0 aliphatic heterocycles. The zero-order chi connectivity index (χ0) is 14.5. The number of nitrogens with zero attached hydrogens (tertiary/aromatic N) is 1. The molecule has 0 spiro atoms. The number of hydrogen-bond donors (Lipinski definition) is 2. The van der Waals surface area contributed by atoms with Crippen LogP contribution in [-0.2, 0) is 6.54 Å². The van der Waals surface area contributed by atoms with E-state index in [1.54, 1.807) is 24.4 Å². The molecule has 0 radical (unpaired) electrons. The van der Waals surface area contributed by atoms with Gasteiger partial charge in [0.05, 0.1) is 11.7 Å². The van der Waals surface area contributed by atoms with Crippen LogP contribution in [0.1, 0.15) is 34.6 Å². The monoisotopic (exact) mass is 289 g/mol. The third-order valence-electron chi connectivity index (χ3n) is 2.98. The van der Waals surface area contributed by atoms with Gasteiger partial charge in [-0.2, -0.15) is 0 Å². The minimum absolute atomic E-state index is 0.129. The molecule has 4 nitrogen and oxygen atoms in total. The van der Waals surface area contributed by atoms with Gasteiger partial charge in [0.15, 0.2) is 0 Å². The van der Waals surface area contributed by atoms with Crippen molar-refractivity contribution in [2.24, 2.45) is 5.73 Å². The molecule has 2 rings (SSSR count). The molecule has 5 heteroatoms. The Morgan fingerprint density at radius 3 is 2.90 bits per heavy atom. The van der Waals surface area contributed by atoms with Crippen LogP contribution in [0.2, 0.25) is 5.02 Å². The fraction of sp³-hybridized carbons (Fsp3) is 0.200. The van der Waals surface area contributed by atoms with E-state index in [1.165, 1.54) is 0 Å². The third kappa shape index (κ3) is 3.56. The molecular formula is C15H16ClN3O. The van der Waals surface area contributed by atoms with Crippen LogP contribution in [0.3, 0.4) is 0 Å². The topological polar surface area (TPSA) is 68.0 Å². The molecule has 104 valence electrons. The van der Waals surface area contributed by atoms with Crippen LogP contribution in [0.5, 0.6) is 0 Å². The third-order valence-corrected chi connectivity index (χ3v) is 3.22. The zero-order valence-corrected chi connectivity index (χ0v) is 11.9. The molecule has 0 fully saturated rings. The molecule has 1 aromatic carbocycles. The van der Waals surface area contributed by atoms with E-state index in [1.807, 2.05) is 25.1 Å². The van der Waals surface area contributed by atoms with Gasteiger partial charge in [-0.05, 0) is 36.8 Å². The normalized spacial score (nSPS) is 11.9. The van der Waals surface area contributed by atoms with Crippen LogP contribution >= 0.6 is 11.6 Å². The van der Waals surface area contributed by atoms with E-state index in [0.29, 0.717) is 22.8 Å². The predicted octanol–water partition coefficient (Wildman–Crippen LogP) is 2.68. The second kappa shape index (κ2) is 6.50. The van der Waals surface area contributed by atoms with E-state index in [4.69, 9.17) is 17.3 Å². The van der Waals surface area contributed by atoms with E-state index in [9.17, 15) is 4.79 Å². The number of nitrogens with two attached hydrogens (primary N) is 1. The fourth-order valence-corrected chi connectivity index (χ4v) is 2.07. The van der Waals surface area contributed by atoms with Gasteiger partial charge < -0.3 is 11.1 Å². The van der Waals surface area contributed by atoms with Crippen LogP contribution < -0.4 is 11.1 Å². The summed E-state index contributed by atoms with van der Waals surface area (Å²) in [4.78, 5) is 16.2. The number of carbonyl (C=O) groups excluding carboxylic acids is 1. The summed E-state index contributed by atoms with van der Waals surface area (Å²) in [5.41, 5.74) is 7.71. The van der Waals surface area contributed by atoms with Gasteiger partial charge in [0, 0.05) is 23.3 Å². The second-order valence-corrected chi connectivity index (χ2v) is 4.93. The van der Waals surface area contributed by atoms with Crippen molar-refractivity contribution >= 4 is 17.5 Å². The van der Waals surface area contributed by atoms with E-state index in [2.05, 4.69) is 10.3 Å². The number of nitrogens with one attached hydrogen (secondary N) is 1. The van der Waals surface area contributed by atoms with Crippen molar-refractivity contribution in [3.05, 3.63) is 64.4 Å². The van der Waals surface area contributed by atoms with Gasteiger partial charge in [-0.1, -0.05) is 23.7 Å². The molecular weight excluding hydrogens is 274 g/mol. The van der Waals surface area contributed by atoms with Crippen molar-refractivity contribution < 1.29 is 4.79 Å². The second-order valence-electron chi connectivity index (χ2n) is 4.49. The summed E-state index contributed by atoms with van der Waals surface area (Å²) >= 11 is 5.95. The number of amides is 1. The van der Waals surface area contributed by atoms with E-state index in [0.717, 1.165) is 5.56 Å². The first-order valence-corrected chi connectivity index (χ1v) is 6.69. The van der Waals surface area contributed by atoms with Crippen molar-refractivity contribution in [3.63, 3.8) is 0 Å². The Hall–Kier alpha value is -1.91. The Labute approximate surface area is 123 Å². The molecule has 20 heavy (non-hydrogen) atoms. The largest absolute Gasteiger partial charge is 0.346 e. The van der Waals surface area contributed by atoms with Crippen LogP contribution in [-0.4, -0.2) is 10.9 Å². The summed E-state index contributed by atoms with van der Waals surface area (Å²) in [5.74, 6) is -0.158. The van der Waals surface area contributed by atoms with Gasteiger partial charge in [0.2, 0.25) is 0 Å². The summed E-state index contributed by atoms with van der Waals surface area (Å²) in [6.45, 7) is 2.22. The summed E-state index contributed by atoms with van der Waals surface area (Å²) in [7, 11) is 0. The van der Waals surface area contributed by atoms with Gasteiger partial charge in [-0.25, -0.2) is 0 Å². The average molecular weight is 290 g/mol. The van der Waals surface area contributed by atoms with Gasteiger partial charge in [0.1, 0.15) is 0 Å². The first-order chi connectivity index (χ1) is 9.60. The Morgan fingerprint density at radius 2 is 2.20 bits per heavy atom. The number of halogens is 1. The van der Waals surface area contributed by atoms with E-state index >= 15 is 0 Å². The van der Waals surface area contributed by atoms with E-state index in [-0.39, 0.29) is 11.9 Å². The molecule has 0 bridgehead atoms. The van der Waals surface area contributed by atoms with Crippen molar-refractivity contribution in [1.82, 2.24) is 10.3 Å². The molecule has 1 atom stereocenters.